The first kappa shape index (κ1) is 25.1. The van der Waals surface area contributed by atoms with Gasteiger partial charge in [-0.3, -0.25) is 9.59 Å². The number of unbranched alkanes of at least 4 members (excludes halogenated alkanes) is 7. The highest BCUT2D eigenvalue weighted by Gasteiger charge is 2.12. The molecule has 152 valence electrons. The summed E-state index contributed by atoms with van der Waals surface area (Å²) in [7, 11) is 1.28. The van der Waals surface area contributed by atoms with Crippen molar-refractivity contribution in [3.63, 3.8) is 0 Å². The molecule has 0 aliphatic carbocycles. The highest BCUT2D eigenvalue weighted by atomic mass is 16.5. The molecule has 0 bridgehead atoms. The summed E-state index contributed by atoms with van der Waals surface area (Å²) in [5, 5.41) is 9.61. The second-order valence-electron chi connectivity index (χ2n) is 6.72. The Morgan fingerprint density at radius 2 is 1.78 bits per heavy atom. The monoisotopic (exact) mass is 376 g/mol. The van der Waals surface area contributed by atoms with Crippen molar-refractivity contribution in [1.29, 1.82) is 0 Å². The van der Waals surface area contributed by atoms with E-state index in [2.05, 4.69) is 29.2 Å². The molecule has 0 rings (SSSR count). The van der Waals surface area contributed by atoms with Crippen molar-refractivity contribution < 1.29 is 19.4 Å². The lowest BCUT2D eigenvalue weighted by atomic mass is 10.0. The minimum absolute atomic E-state index is 0.0586. The van der Waals surface area contributed by atoms with Crippen LogP contribution in [0.2, 0.25) is 0 Å². The molecule has 4 nitrogen and oxygen atoms in total. The molecule has 27 heavy (non-hydrogen) atoms. The van der Waals surface area contributed by atoms with Crippen molar-refractivity contribution in [3.8, 4) is 11.8 Å². The number of esters is 1. The van der Waals surface area contributed by atoms with Gasteiger partial charge in [-0.05, 0) is 44.6 Å². The maximum atomic E-state index is 11.7. The van der Waals surface area contributed by atoms with Crippen molar-refractivity contribution >= 4 is 11.8 Å². The number of ether oxygens (including phenoxy) is 1. The van der Waals surface area contributed by atoms with Crippen molar-refractivity contribution in [2.24, 2.45) is 0 Å². The summed E-state index contributed by atoms with van der Waals surface area (Å²) in [6.07, 6.45) is 16.1. The number of methoxy groups -OCH3 is 1. The molecule has 0 saturated carbocycles. The number of aliphatic hydroxyl groups is 1. The second-order valence-corrected chi connectivity index (χ2v) is 6.72. The van der Waals surface area contributed by atoms with Crippen LogP contribution in [-0.4, -0.2) is 30.1 Å². The summed E-state index contributed by atoms with van der Waals surface area (Å²) in [5.41, 5.74) is 0. The molecular formula is C23H36O4. The lowest BCUT2D eigenvalue weighted by molar-refractivity contribution is -0.143. The van der Waals surface area contributed by atoms with Gasteiger partial charge in [-0.15, -0.1) is 6.58 Å². The zero-order valence-corrected chi connectivity index (χ0v) is 16.9. The number of carbonyl (C=O) groups is 2. The van der Waals surface area contributed by atoms with E-state index < -0.39 is 12.1 Å². The molecule has 0 aromatic heterocycles. The zero-order chi connectivity index (χ0) is 20.2. The van der Waals surface area contributed by atoms with E-state index in [1.807, 2.05) is 12.2 Å². The number of Topliss-reactive ketones (excluding diaryl/α,β-unsaturated/α-hetero) is 1. The Kier molecular flexibility index (Phi) is 17.6. The number of carbonyl (C=O) groups excluding carboxylic acids is 2. The molecule has 0 radical (unpaired) electrons. The predicted molar refractivity (Wildman–Crippen MR) is 110 cm³/mol. The van der Waals surface area contributed by atoms with Gasteiger partial charge in [-0.25, -0.2) is 0 Å². The van der Waals surface area contributed by atoms with Gasteiger partial charge in [0, 0.05) is 19.3 Å². The molecule has 0 unspecified atom stereocenters. The molecule has 0 heterocycles. The fourth-order valence-corrected chi connectivity index (χ4v) is 2.56. The molecule has 0 saturated heterocycles. The molecule has 1 N–H and O–H groups in total. The van der Waals surface area contributed by atoms with E-state index in [4.69, 9.17) is 0 Å². The minimum Gasteiger partial charge on any atom is -0.469 e. The van der Waals surface area contributed by atoms with Crippen LogP contribution >= 0.6 is 0 Å². The Labute approximate surface area is 165 Å². The van der Waals surface area contributed by atoms with Crippen molar-refractivity contribution in [3.05, 3.63) is 24.8 Å². The fourth-order valence-electron chi connectivity index (χ4n) is 2.56. The lowest BCUT2D eigenvalue weighted by Crippen LogP contribution is -2.15. The van der Waals surface area contributed by atoms with Crippen LogP contribution in [0.5, 0.6) is 0 Å². The van der Waals surface area contributed by atoms with Crippen LogP contribution in [0.4, 0.5) is 0 Å². The molecule has 0 aromatic rings. The van der Waals surface area contributed by atoms with Gasteiger partial charge in [-0.1, -0.05) is 43.3 Å². The largest absolute Gasteiger partial charge is 0.469 e. The summed E-state index contributed by atoms with van der Waals surface area (Å²) in [6, 6.07) is 0. The topological polar surface area (TPSA) is 63.6 Å². The smallest absolute Gasteiger partial charge is 0.308 e. The van der Waals surface area contributed by atoms with Crippen LogP contribution in [0.3, 0.4) is 0 Å². The van der Waals surface area contributed by atoms with E-state index in [0.717, 1.165) is 19.3 Å². The molecule has 0 aromatic carbocycles. The molecule has 0 fully saturated rings. The summed E-state index contributed by atoms with van der Waals surface area (Å²) in [4.78, 5) is 22.7. The minimum atomic E-state index is -0.807. The summed E-state index contributed by atoms with van der Waals surface area (Å²) in [6.45, 7) is 3.73. The molecule has 0 aliphatic heterocycles. The molecule has 0 spiro atoms. The Bertz CT molecular complexity index is 496. The van der Waals surface area contributed by atoms with E-state index in [9.17, 15) is 14.7 Å². The Morgan fingerprint density at radius 1 is 1.07 bits per heavy atom. The zero-order valence-electron chi connectivity index (χ0n) is 16.9. The number of allylic oxidation sites excluding steroid dienone is 3. The first-order chi connectivity index (χ1) is 13.1. The SMILES string of the molecule is C=CCCCCCCC/C=C/C#CCCCC(=O)CC[C@H](O)CC(=O)OC. The van der Waals surface area contributed by atoms with E-state index in [-0.39, 0.29) is 12.2 Å². The van der Waals surface area contributed by atoms with E-state index >= 15 is 0 Å². The quantitative estimate of drug-likeness (QED) is 0.180. The number of aliphatic hydroxyl groups excluding tert-OH is 1. The van der Waals surface area contributed by atoms with Crippen LogP contribution in [0, 0.1) is 11.8 Å². The number of ketones is 1. The average Bonchev–Trinajstić information content (AvgIpc) is 2.66. The summed E-state index contributed by atoms with van der Waals surface area (Å²) >= 11 is 0. The first-order valence-electron chi connectivity index (χ1n) is 10.1. The van der Waals surface area contributed by atoms with Crippen LogP contribution < -0.4 is 0 Å². The molecular weight excluding hydrogens is 340 g/mol. The maximum Gasteiger partial charge on any atom is 0.308 e. The Morgan fingerprint density at radius 3 is 2.48 bits per heavy atom. The highest BCUT2D eigenvalue weighted by molar-refractivity contribution is 5.78. The average molecular weight is 377 g/mol. The standard InChI is InChI=1S/C23H36O4/c1-3-4-5-6-7-8-9-10-11-12-13-14-15-16-17-21(24)18-19-22(25)20-23(26)27-2/h3,11-12,22,25H,1,4-10,15-20H2,2H3/b12-11+/t22-/m0/s1. The third-order valence-corrected chi connectivity index (χ3v) is 4.23. The van der Waals surface area contributed by atoms with Gasteiger partial charge in [0.15, 0.2) is 0 Å². The number of hydrogen-bond acceptors (Lipinski definition) is 4. The first-order valence-corrected chi connectivity index (χ1v) is 10.1. The summed E-state index contributed by atoms with van der Waals surface area (Å²) < 4.78 is 4.48. The van der Waals surface area contributed by atoms with Crippen molar-refractivity contribution in [2.75, 3.05) is 7.11 Å². The Hall–Kier alpha value is -1.86. The third kappa shape index (κ3) is 18.7. The normalized spacial score (nSPS) is 11.6. The highest BCUT2D eigenvalue weighted by Crippen LogP contribution is 2.08. The molecule has 0 aliphatic rings. The van der Waals surface area contributed by atoms with Crippen molar-refractivity contribution in [2.45, 2.75) is 89.6 Å². The second kappa shape index (κ2) is 18.9. The van der Waals surface area contributed by atoms with Gasteiger partial charge in [0.05, 0.1) is 19.6 Å². The van der Waals surface area contributed by atoms with Crippen molar-refractivity contribution in [1.82, 2.24) is 0 Å². The lowest BCUT2D eigenvalue weighted by Gasteiger charge is -2.07. The van der Waals surface area contributed by atoms with E-state index in [1.165, 1.54) is 39.2 Å². The fraction of sp³-hybridized carbons (Fsp3) is 0.652. The van der Waals surface area contributed by atoms with Gasteiger partial charge in [-0.2, -0.15) is 0 Å². The molecule has 0 amide bonds. The van der Waals surface area contributed by atoms with Gasteiger partial charge >= 0.3 is 5.97 Å². The van der Waals surface area contributed by atoms with Crippen LogP contribution in [0.1, 0.15) is 83.5 Å². The van der Waals surface area contributed by atoms with Crippen LogP contribution in [0.15, 0.2) is 24.8 Å². The van der Waals surface area contributed by atoms with E-state index in [0.29, 0.717) is 25.7 Å². The summed E-state index contributed by atoms with van der Waals surface area (Å²) in [5.74, 6) is 5.71. The number of rotatable bonds is 16. The van der Waals surface area contributed by atoms with Gasteiger partial charge in [0.1, 0.15) is 5.78 Å². The van der Waals surface area contributed by atoms with Gasteiger partial charge in [0.25, 0.3) is 0 Å². The van der Waals surface area contributed by atoms with Gasteiger partial charge in [0.2, 0.25) is 0 Å². The predicted octanol–water partition coefficient (Wildman–Crippen LogP) is 4.91. The third-order valence-electron chi connectivity index (χ3n) is 4.23. The Balaban J connectivity index is 3.55. The number of hydrogen-bond donors (Lipinski definition) is 1. The van der Waals surface area contributed by atoms with Crippen LogP contribution in [-0.2, 0) is 14.3 Å². The maximum absolute atomic E-state index is 11.7. The van der Waals surface area contributed by atoms with Gasteiger partial charge < -0.3 is 9.84 Å². The van der Waals surface area contributed by atoms with Crippen LogP contribution in [0.25, 0.3) is 0 Å². The molecule has 4 heteroatoms. The van der Waals surface area contributed by atoms with E-state index in [1.54, 1.807) is 0 Å². The molecule has 1 atom stereocenters.